The van der Waals surface area contributed by atoms with Gasteiger partial charge in [-0.25, -0.2) is 4.68 Å². The number of likely N-dealkylation sites (tertiary alicyclic amines) is 1. The lowest BCUT2D eigenvalue weighted by atomic mass is 9.85. The molecule has 7 heteroatoms. The van der Waals surface area contributed by atoms with Gasteiger partial charge in [0.2, 0.25) is 0 Å². The molecular formula is C19H23N5O2. The Kier molecular flexibility index (Phi) is 3.77. The maximum Gasteiger partial charge on any atom is 0.332 e. The largest absolute Gasteiger partial charge is 0.332 e. The van der Waals surface area contributed by atoms with Crippen LogP contribution >= 0.6 is 0 Å². The predicted octanol–water partition coefficient (Wildman–Crippen LogP) is 0.829. The van der Waals surface area contributed by atoms with Gasteiger partial charge in [-0.1, -0.05) is 12.5 Å². The molecule has 0 bridgehead atoms. The Bertz CT molecular complexity index is 931. The normalized spacial score (nSPS) is 25.1. The maximum absolute atomic E-state index is 12.5. The van der Waals surface area contributed by atoms with Gasteiger partial charge in [0.25, 0.3) is 0 Å². The number of hydrogen-bond donors (Lipinski definition) is 0. The minimum absolute atomic E-state index is 0.236. The third kappa shape index (κ3) is 2.61. The van der Waals surface area contributed by atoms with Gasteiger partial charge in [-0.05, 0) is 30.9 Å². The molecule has 2 atom stereocenters. The number of rotatable bonds is 4. The summed E-state index contributed by atoms with van der Waals surface area (Å²) < 4.78 is 3.08. The summed E-state index contributed by atoms with van der Waals surface area (Å²) in [4.78, 5) is 31.7. The van der Waals surface area contributed by atoms with Gasteiger partial charge in [-0.2, -0.15) is 5.10 Å². The molecule has 0 aromatic carbocycles. The number of hydrogen-bond acceptors (Lipinski definition) is 5. The summed E-state index contributed by atoms with van der Waals surface area (Å²) in [6.45, 7) is 3.82. The molecule has 3 aliphatic rings. The van der Waals surface area contributed by atoms with Crippen LogP contribution in [0.1, 0.15) is 36.7 Å². The van der Waals surface area contributed by atoms with Gasteiger partial charge in [-0.15, -0.1) is 0 Å². The number of aromatic nitrogens is 4. The van der Waals surface area contributed by atoms with Crippen LogP contribution in [-0.4, -0.2) is 37.3 Å². The zero-order valence-electron chi connectivity index (χ0n) is 14.8. The van der Waals surface area contributed by atoms with Crippen molar-refractivity contribution in [3.63, 3.8) is 0 Å². The number of pyridine rings is 1. The van der Waals surface area contributed by atoms with Crippen molar-refractivity contribution in [3.8, 4) is 0 Å². The molecule has 0 unspecified atom stereocenters. The van der Waals surface area contributed by atoms with Crippen molar-refractivity contribution in [1.29, 1.82) is 0 Å². The highest BCUT2D eigenvalue weighted by molar-refractivity contribution is 5.13. The van der Waals surface area contributed by atoms with E-state index in [0.717, 1.165) is 44.0 Å². The zero-order chi connectivity index (χ0) is 17.7. The summed E-state index contributed by atoms with van der Waals surface area (Å²) in [5.74, 6) is 1.91. The smallest absolute Gasteiger partial charge is 0.296 e. The first-order valence-corrected chi connectivity index (χ1v) is 9.53. The third-order valence-electron chi connectivity index (χ3n) is 6.20. The van der Waals surface area contributed by atoms with E-state index < -0.39 is 5.56 Å². The first-order valence-electron chi connectivity index (χ1n) is 9.53. The third-order valence-corrected chi connectivity index (χ3v) is 6.20. The summed E-state index contributed by atoms with van der Waals surface area (Å²) in [5.41, 5.74) is 0.221. The SMILES string of the molecule is O=c1c(=O)n2c(nn1CC1CCC1)[C@@H]1CN(Cc3ccccn3)C[C@@H]1C2. The Labute approximate surface area is 151 Å². The van der Waals surface area contributed by atoms with Crippen LogP contribution in [0.25, 0.3) is 0 Å². The van der Waals surface area contributed by atoms with Crippen LogP contribution in [0.4, 0.5) is 0 Å². The van der Waals surface area contributed by atoms with E-state index in [4.69, 9.17) is 0 Å². The summed E-state index contributed by atoms with van der Waals surface area (Å²) in [5, 5.41) is 4.64. The fourth-order valence-corrected chi connectivity index (χ4v) is 4.57. The molecule has 4 heterocycles. The molecular weight excluding hydrogens is 330 g/mol. The fraction of sp³-hybridized carbons (Fsp3) is 0.579. The molecule has 0 amide bonds. The van der Waals surface area contributed by atoms with Crippen LogP contribution in [0.5, 0.6) is 0 Å². The Balaban J connectivity index is 1.40. The average Bonchev–Trinajstić information content (AvgIpc) is 3.14. The molecule has 5 rings (SSSR count). The van der Waals surface area contributed by atoms with E-state index in [1.807, 2.05) is 24.4 Å². The summed E-state index contributed by atoms with van der Waals surface area (Å²) in [7, 11) is 0. The quantitative estimate of drug-likeness (QED) is 0.761. The van der Waals surface area contributed by atoms with Crippen molar-refractivity contribution < 1.29 is 0 Å². The molecule has 1 aliphatic carbocycles. The van der Waals surface area contributed by atoms with Crippen molar-refractivity contribution in [3.05, 3.63) is 56.6 Å². The van der Waals surface area contributed by atoms with E-state index in [1.165, 1.54) is 11.1 Å². The van der Waals surface area contributed by atoms with E-state index in [9.17, 15) is 9.59 Å². The van der Waals surface area contributed by atoms with Gasteiger partial charge in [0, 0.05) is 50.8 Å². The molecule has 0 spiro atoms. The van der Waals surface area contributed by atoms with Crippen LogP contribution in [0.3, 0.4) is 0 Å². The Morgan fingerprint density at radius 2 is 1.96 bits per heavy atom. The molecule has 0 N–H and O–H groups in total. The minimum atomic E-state index is -0.453. The molecule has 2 aromatic rings. The molecule has 1 saturated carbocycles. The van der Waals surface area contributed by atoms with E-state index in [2.05, 4.69) is 15.0 Å². The first-order chi connectivity index (χ1) is 12.7. The van der Waals surface area contributed by atoms with Crippen LogP contribution in [0.2, 0.25) is 0 Å². The lowest BCUT2D eigenvalue weighted by Crippen LogP contribution is -2.45. The summed E-state index contributed by atoms with van der Waals surface area (Å²) >= 11 is 0. The molecule has 7 nitrogen and oxygen atoms in total. The van der Waals surface area contributed by atoms with Gasteiger partial charge in [0.05, 0.1) is 5.69 Å². The van der Waals surface area contributed by atoms with Crippen molar-refractivity contribution >= 4 is 0 Å². The van der Waals surface area contributed by atoms with E-state index in [1.54, 1.807) is 4.57 Å². The molecule has 136 valence electrons. The fourth-order valence-electron chi connectivity index (χ4n) is 4.57. The molecule has 2 aliphatic heterocycles. The second-order valence-corrected chi connectivity index (χ2v) is 7.94. The number of fused-ring (bicyclic) bond motifs is 3. The highest BCUT2D eigenvalue weighted by Crippen LogP contribution is 2.37. The predicted molar refractivity (Wildman–Crippen MR) is 95.8 cm³/mol. The molecule has 2 fully saturated rings. The van der Waals surface area contributed by atoms with Gasteiger partial charge in [0.15, 0.2) is 0 Å². The summed E-state index contributed by atoms with van der Waals surface area (Å²) in [6, 6.07) is 5.98. The molecule has 26 heavy (non-hydrogen) atoms. The number of nitrogens with zero attached hydrogens (tertiary/aromatic N) is 5. The molecule has 0 radical (unpaired) electrons. The van der Waals surface area contributed by atoms with Crippen LogP contribution < -0.4 is 11.1 Å². The van der Waals surface area contributed by atoms with E-state index in [0.29, 0.717) is 24.9 Å². The van der Waals surface area contributed by atoms with E-state index in [-0.39, 0.29) is 11.5 Å². The van der Waals surface area contributed by atoms with Crippen molar-refractivity contribution in [2.24, 2.45) is 11.8 Å². The first kappa shape index (κ1) is 15.9. The van der Waals surface area contributed by atoms with Gasteiger partial charge in [0.1, 0.15) is 5.82 Å². The second kappa shape index (κ2) is 6.16. The average molecular weight is 353 g/mol. The Morgan fingerprint density at radius 1 is 1.08 bits per heavy atom. The minimum Gasteiger partial charge on any atom is -0.296 e. The monoisotopic (exact) mass is 353 g/mol. The van der Waals surface area contributed by atoms with Crippen molar-refractivity contribution in [2.45, 2.75) is 44.8 Å². The highest BCUT2D eigenvalue weighted by atomic mass is 16.2. The lowest BCUT2D eigenvalue weighted by Gasteiger charge is -2.25. The van der Waals surface area contributed by atoms with Crippen LogP contribution in [0, 0.1) is 11.8 Å². The Hall–Kier alpha value is -2.28. The van der Waals surface area contributed by atoms with Crippen molar-refractivity contribution in [2.75, 3.05) is 13.1 Å². The van der Waals surface area contributed by atoms with Gasteiger partial charge >= 0.3 is 11.1 Å². The van der Waals surface area contributed by atoms with Crippen LogP contribution in [-0.2, 0) is 19.6 Å². The second-order valence-electron chi connectivity index (χ2n) is 7.94. The summed E-state index contributed by atoms with van der Waals surface area (Å²) in [6.07, 6.45) is 5.31. The highest BCUT2D eigenvalue weighted by Gasteiger charge is 2.42. The molecule has 1 saturated heterocycles. The maximum atomic E-state index is 12.5. The standard InChI is InChI=1S/C19H23N5O2/c25-18-19(26)24(8-13-4-3-5-13)21-17-16-12-22(9-14(16)10-23(17)18)11-15-6-1-2-7-20-15/h1-2,6-7,13-14,16H,3-5,8-12H2/t14-,16-/m1/s1. The zero-order valence-corrected chi connectivity index (χ0v) is 14.8. The lowest BCUT2D eigenvalue weighted by molar-refractivity contribution is 0.256. The van der Waals surface area contributed by atoms with E-state index >= 15 is 0 Å². The van der Waals surface area contributed by atoms with Crippen molar-refractivity contribution in [1.82, 2.24) is 24.2 Å². The Morgan fingerprint density at radius 3 is 2.69 bits per heavy atom. The molecule has 2 aromatic heterocycles. The van der Waals surface area contributed by atoms with Gasteiger partial charge < -0.3 is 0 Å². The topological polar surface area (TPSA) is 73.0 Å². The van der Waals surface area contributed by atoms with Crippen LogP contribution in [0.15, 0.2) is 34.0 Å². The van der Waals surface area contributed by atoms with Gasteiger partial charge in [-0.3, -0.25) is 24.0 Å².